The van der Waals surface area contributed by atoms with E-state index >= 15 is 0 Å². The molecule has 1 aliphatic heterocycles. The van der Waals surface area contributed by atoms with E-state index in [4.69, 9.17) is 4.74 Å². The highest BCUT2D eigenvalue weighted by Crippen LogP contribution is 2.37. The summed E-state index contributed by atoms with van der Waals surface area (Å²) in [6.07, 6.45) is 1.85. The lowest BCUT2D eigenvalue weighted by Gasteiger charge is -2.26. The SMILES string of the molecule is Cc1ccc(N(c2ccc(-c3ccccc3)cc2)c2ccc3cc(C=C4OCc5ccccc5C4=O)ccc3c2)cc1. The fourth-order valence-electron chi connectivity index (χ4n) is 5.54. The molecule has 0 saturated carbocycles. The Balaban J connectivity index is 1.23. The molecule has 0 N–H and O–H groups in total. The first kappa shape index (κ1) is 25.6. The summed E-state index contributed by atoms with van der Waals surface area (Å²) < 4.78 is 5.83. The van der Waals surface area contributed by atoms with Gasteiger partial charge in [0, 0.05) is 28.2 Å². The number of fused-ring (bicyclic) bond motifs is 2. The van der Waals surface area contributed by atoms with Crippen molar-refractivity contribution >= 4 is 39.7 Å². The maximum absolute atomic E-state index is 13.0. The Morgan fingerprint density at radius 3 is 2.02 bits per heavy atom. The topological polar surface area (TPSA) is 29.5 Å². The van der Waals surface area contributed by atoms with E-state index in [9.17, 15) is 4.79 Å². The van der Waals surface area contributed by atoms with E-state index in [2.05, 4.69) is 115 Å². The minimum atomic E-state index is -0.0701. The van der Waals surface area contributed by atoms with Gasteiger partial charge in [-0.1, -0.05) is 103 Å². The summed E-state index contributed by atoms with van der Waals surface area (Å²) >= 11 is 0. The molecular formula is C39H29NO2. The van der Waals surface area contributed by atoms with Crippen LogP contribution in [0, 0.1) is 6.92 Å². The molecule has 3 heteroatoms. The minimum absolute atomic E-state index is 0.0701. The second-order valence-electron chi connectivity index (χ2n) is 10.7. The van der Waals surface area contributed by atoms with E-state index in [1.54, 1.807) is 0 Å². The van der Waals surface area contributed by atoms with Crippen LogP contribution in [-0.4, -0.2) is 5.78 Å². The number of carbonyl (C=O) groups is 1. The van der Waals surface area contributed by atoms with E-state index in [1.807, 2.05) is 42.5 Å². The van der Waals surface area contributed by atoms with Gasteiger partial charge < -0.3 is 9.64 Å². The van der Waals surface area contributed by atoms with Crippen molar-refractivity contribution in [1.82, 2.24) is 0 Å². The number of hydrogen-bond acceptors (Lipinski definition) is 3. The first-order valence-electron chi connectivity index (χ1n) is 14.2. The zero-order chi connectivity index (χ0) is 28.5. The highest BCUT2D eigenvalue weighted by atomic mass is 16.5. The van der Waals surface area contributed by atoms with Gasteiger partial charge in [-0.3, -0.25) is 4.79 Å². The van der Waals surface area contributed by atoms with Gasteiger partial charge >= 0.3 is 0 Å². The molecule has 1 aliphatic rings. The van der Waals surface area contributed by atoms with E-state index in [0.717, 1.165) is 39.0 Å². The Bertz CT molecular complexity index is 1940. The van der Waals surface area contributed by atoms with Gasteiger partial charge in [-0.05, 0) is 82.9 Å². The van der Waals surface area contributed by atoms with Crippen molar-refractivity contribution in [3.8, 4) is 11.1 Å². The Labute approximate surface area is 246 Å². The Morgan fingerprint density at radius 2 is 1.24 bits per heavy atom. The number of Topliss-reactive ketones (excluding diaryl/α,β-unsaturated/α-hetero) is 1. The van der Waals surface area contributed by atoms with Crippen molar-refractivity contribution in [2.75, 3.05) is 4.90 Å². The highest BCUT2D eigenvalue weighted by molar-refractivity contribution is 6.11. The molecule has 0 atom stereocenters. The first-order chi connectivity index (χ1) is 20.6. The maximum atomic E-state index is 13.0. The van der Waals surface area contributed by atoms with E-state index in [-0.39, 0.29) is 5.78 Å². The number of benzene rings is 6. The molecule has 1 heterocycles. The molecule has 3 nitrogen and oxygen atoms in total. The lowest BCUT2D eigenvalue weighted by Crippen LogP contribution is -2.16. The zero-order valence-electron chi connectivity index (χ0n) is 23.3. The van der Waals surface area contributed by atoms with Crippen LogP contribution in [0.4, 0.5) is 17.1 Å². The fraction of sp³-hybridized carbons (Fsp3) is 0.0513. The van der Waals surface area contributed by atoms with Crippen LogP contribution in [0.3, 0.4) is 0 Å². The maximum Gasteiger partial charge on any atom is 0.227 e. The predicted octanol–water partition coefficient (Wildman–Crippen LogP) is 10.0. The van der Waals surface area contributed by atoms with Gasteiger partial charge in [0.2, 0.25) is 5.78 Å². The summed E-state index contributed by atoms with van der Waals surface area (Å²) in [7, 11) is 0. The third-order valence-corrected chi connectivity index (χ3v) is 7.80. The summed E-state index contributed by atoms with van der Waals surface area (Å²) in [6.45, 7) is 2.52. The monoisotopic (exact) mass is 543 g/mol. The lowest BCUT2D eigenvalue weighted by molar-refractivity contribution is 0.0871. The van der Waals surface area contributed by atoms with Gasteiger partial charge in [-0.15, -0.1) is 0 Å². The Kier molecular flexibility index (Phi) is 6.61. The molecule has 0 bridgehead atoms. The largest absolute Gasteiger partial charge is 0.485 e. The molecule has 0 fully saturated rings. The van der Waals surface area contributed by atoms with E-state index in [0.29, 0.717) is 17.9 Å². The molecule has 7 rings (SSSR count). The zero-order valence-corrected chi connectivity index (χ0v) is 23.3. The summed E-state index contributed by atoms with van der Waals surface area (Å²) in [4.78, 5) is 15.3. The van der Waals surface area contributed by atoms with Crippen molar-refractivity contribution in [1.29, 1.82) is 0 Å². The number of nitrogens with zero attached hydrogens (tertiary/aromatic N) is 1. The Hall–Kier alpha value is -5.41. The molecule has 0 unspecified atom stereocenters. The third-order valence-electron chi connectivity index (χ3n) is 7.80. The second kappa shape index (κ2) is 10.9. The summed E-state index contributed by atoms with van der Waals surface area (Å²) in [5, 5.41) is 2.22. The second-order valence-corrected chi connectivity index (χ2v) is 10.7. The van der Waals surface area contributed by atoms with E-state index in [1.165, 1.54) is 16.7 Å². The molecule has 6 aromatic rings. The number of ether oxygens (including phenoxy) is 1. The van der Waals surface area contributed by atoms with Crippen molar-refractivity contribution in [3.63, 3.8) is 0 Å². The van der Waals surface area contributed by atoms with Crippen molar-refractivity contribution < 1.29 is 9.53 Å². The molecule has 0 saturated heterocycles. The minimum Gasteiger partial charge on any atom is -0.485 e. The molecule has 0 radical (unpaired) electrons. The third kappa shape index (κ3) is 4.97. The van der Waals surface area contributed by atoms with Gasteiger partial charge in [0.1, 0.15) is 6.61 Å². The number of allylic oxidation sites excluding steroid dienone is 1. The van der Waals surface area contributed by atoms with Crippen LogP contribution in [0.5, 0.6) is 0 Å². The van der Waals surface area contributed by atoms with Crippen molar-refractivity contribution in [2.24, 2.45) is 0 Å². The van der Waals surface area contributed by atoms with Gasteiger partial charge in [0.15, 0.2) is 5.76 Å². The Morgan fingerprint density at radius 1 is 0.619 bits per heavy atom. The van der Waals surface area contributed by atoms with E-state index < -0.39 is 0 Å². The molecule has 6 aromatic carbocycles. The molecule has 42 heavy (non-hydrogen) atoms. The summed E-state index contributed by atoms with van der Waals surface area (Å²) in [5.41, 5.74) is 9.46. The molecule has 0 aromatic heterocycles. The highest BCUT2D eigenvalue weighted by Gasteiger charge is 2.23. The molecule has 0 aliphatic carbocycles. The van der Waals surface area contributed by atoms with Gasteiger partial charge in [0.05, 0.1) is 0 Å². The number of rotatable bonds is 5. The average Bonchev–Trinajstić information content (AvgIpc) is 3.04. The number of aryl methyl sites for hydroxylation is 1. The predicted molar refractivity (Wildman–Crippen MR) is 172 cm³/mol. The standard InChI is InChI=1S/C39H29NO2/c1-27-11-18-34(19-12-27)40(35-20-15-30(16-21-35)29-7-3-2-4-8-29)36-22-17-31-23-28(13-14-32(31)25-36)24-38-39(41)37-10-6-5-9-33(37)26-42-38/h2-25H,26H2,1H3. The number of ketones is 1. The van der Waals surface area contributed by atoms with Gasteiger partial charge in [-0.25, -0.2) is 0 Å². The molecule has 0 spiro atoms. The number of carbonyl (C=O) groups excluding carboxylic acids is 1. The molecule has 202 valence electrons. The van der Waals surface area contributed by atoms with Crippen LogP contribution in [0.2, 0.25) is 0 Å². The number of anilines is 3. The lowest BCUT2D eigenvalue weighted by atomic mass is 9.99. The van der Waals surface area contributed by atoms with Crippen molar-refractivity contribution in [3.05, 3.63) is 168 Å². The quantitative estimate of drug-likeness (QED) is 0.203. The van der Waals surface area contributed by atoms with Crippen LogP contribution in [-0.2, 0) is 11.3 Å². The smallest absolute Gasteiger partial charge is 0.227 e. The van der Waals surface area contributed by atoms with Gasteiger partial charge in [0.25, 0.3) is 0 Å². The van der Waals surface area contributed by atoms with Crippen molar-refractivity contribution in [2.45, 2.75) is 13.5 Å². The normalized spacial score (nSPS) is 13.5. The van der Waals surface area contributed by atoms with Crippen LogP contribution < -0.4 is 4.90 Å². The first-order valence-corrected chi connectivity index (χ1v) is 14.2. The summed E-state index contributed by atoms with van der Waals surface area (Å²) in [6, 6.07) is 48.2. The van der Waals surface area contributed by atoms with Crippen LogP contribution in [0.1, 0.15) is 27.0 Å². The average molecular weight is 544 g/mol. The van der Waals surface area contributed by atoms with Crippen LogP contribution in [0.15, 0.2) is 145 Å². The fourth-order valence-corrected chi connectivity index (χ4v) is 5.54. The van der Waals surface area contributed by atoms with Gasteiger partial charge in [-0.2, -0.15) is 0 Å². The van der Waals surface area contributed by atoms with Crippen LogP contribution >= 0.6 is 0 Å². The molecule has 0 amide bonds. The number of hydrogen-bond donors (Lipinski definition) is 0. The molecular weight excluding hydrogens is 514 g/mol. The summed E-state index contributed by atoms with van der Waals surface area (Å²) in [5.74, 6) is 0.313. The van der Waals surface area contributed by atoms with Crippen LogP contribution in [0.25, 0.3) is 28.0 Å².